The largest absolute Gasteiger partial charge is 0.384 e. The van der Waals surface area contributed by atoms with E-state index in [2.05, 4.69) is 37.4 Å². The maximum Gasteiger partial charge on any atom is 0.188 e. The average Bonchev–Trinajstić information content (AvgIpc) is 2.43. The number of hydrogen-bond donors (Lipinski definition) is 1. The van der Waals surface area contributed by atoms with Gasteiger partial charge in [-0.1, -0.05) is 44.2 Å². The molecule has 0 amide bonds. The van der Waals surface area contributed by atoms with Crippen LogP contribution in [-0.4, -0.2) is 12.3 Å². The van der Waals surface area contributed by atoms with E-state index < -0.39 is 0 Å². The Kier molecular flexibility index (Phi) is 3.31. The number of allylic oxidation sites excluding steroid dienone is 1. The van der Waals surface area contributed by atoms with Gasteiger partial charge in [-0.3, -0.25) is 4.79 Å². The molecule has 1 aliphatic rings. The molecule has 0 fully saturated rings. The van der Waals surface area contributed by atoms with E-state index in [0.29, 0.717) is 5.92 Å². The molecule has 2 nitrogen and oxygen atoms in total. The third-order valence-electron chi connectivity index (χ3n) is 3.78. The van der Waals surface area contributed by atoms with Crippen molar-refractivity contribution in [2.45, 2.75) is 20.3 Å². The second kappa shape index (κ2) is 5.12. The van der Waals surface area contributed by atoms with Crippen molar-refractivity contribution in [3.8, 4) is 0 Å². The number of carbonyl (C=O) groups excluding carboxylic acids is 1. The van der Waals surface area contributed by atoms with E-state index in [9.17, 15) is 4.79 Å². The molecule has 20 heavy (non-hydrogen) atoms. The lowest BCUT2D eigenvalue weighted by atomic mass is 9.91. The highest BCUT2D eigenvalue weighted by molar-refractivity contribution is 6.23. The first-order chi connectivity index (χ1) is 9.66. The second-order valence-electron chi connectivity index (χ2n) is 5.74. The molecule has 2 aromatic carbocycles. The van der Waals surface area contributed by atoms with E-state index in [1.54, 1.807) is 6.08 Å². The van der Waals surface area contributed by atoms with Crippen molar-refractivity contribution in [3.05, 3.63) is 47.5 Å². The molecule has 1 aliphatic carbocycles. The zero-order valence-corrected chi connectivity index (χ0v) is 11.9. The quantitative estimate of drug-likeness (QED) is 0.881. The minimum absolute atomic E-state index is 0.0985. The van der Waals surface area contributed by atoms with Gasteiger partial charge in [0.15, 0.2) is 5.78 Å². The molecule has 0 spiro atoms. The molecule has 0 unspecified atom stereocenters. The van der Waals surface area contributed by atoms with E-state index in [-0.39, 0.29) is 5.78 Å². The monoisotopic (exact) mass is 265 g/mol. The summed E-state index contributed by atoms with van der Waals surface area (Å²) in [4.78, 5) is 12.3. The molecule has 0 atom stereocenters. The highest BCUT2D eigenvalue weighted by Crippen LogP contribution is 2.33. The van der Waals surface area contributed by atoms with Gasteiger partial charge in [-0.15, -0.1) is 0 Å². The summed E-state index contributed by atoms with van der Waals surface area (Å²) >= 11 is 0. The van der Waals surface area contributed by atoms with Gasteiger partial charge in [-0.2, -0.15) is 0 Å². The van der Waals surface area contributed by atoms with Gasteiger partial charge in [-0.25, -0.2) is 0 Å². The van der Waals surface area contributed by atoms with Crippen LogP contribution in [-0.2, 0) is 0 Å². The Bertz CT molecular complexity index is 698. The lowest BCUT2D eigenvalue weighted by molar-refractivity contribution is 0.104. The Hall–Kier alpha value is -2.09. The van der Waals surface area contributed by atoms with Crippen LogP contribution in [0.4, 0.5) is 5.69 Å². The lowest BCUT2D eigenvalue weighted by Crippen LogP contribution is -2.11. The first-order valence-corrected chi connectivity index (χ1v) is 7.19. The summed E-state index contributed by atoms with van der Waals surface area (Å²) in [6, 6.07) is 10.3. The fourth-order valence-electron chi connectivity index (χ4n) is 2.69. The Morgan fingerprint density at radius 2 is 1.95 bits per heavy atom. The van der Waals surface area contributed by atoms with Crippen molar-refractivity contribution in [2.75, 3.05) is 11.9 Å². The van der Waals surface area contributed by atoms with Crippen LogP contribution >= 0.6 is 0 Å². The molecule has 0 aromatic heterocycles. The molecule has 1 N–H and O–H groups in total. The number of benzene rings is 2. The predicted molar refractivity (Wildman–Crippen MR) is 85.3 cm³/mol. The first-order valence-electron chi connectivity index (χ1n) is 7.19. The van der Waals surface area contributed by atoms with Gasteiger partial charge >= 0.3 is 0 Å². The zero-order valence-electron chi connectivity index (χ0n) is 11.9. The first kappa shape index (κ1) is 12.9. The Morgan fingerprint density at radius 1 is 1.10 bits per heavy atom. The number of anilines is 1. The van der Waals surface area contributed by atoms with Crippen LogP contribution in [0.5, 0.6) is 0 Å². The average molecular weight is 265 g/mol. The minimum atomic E-state index is 0.0985. The third kappa shape index (κ3) is 2.22. The van der Waals surface area contributed by atoms with Crippen LogP contribution in [0.1, 0.15) is 36.2 Å². The van der Waals surface area contributed by atoms with E-state index >= 15 is 0 Å². The van der Waals surface area contributed by atoms with Gasteiger partial charge in [0.2, 0.25) is 0 Å². The Balaban J connectivity index is 2.05. The fourth-order valence-corrected chi connectivity index (χ4v) is 2.69. The van der Waals surface area contributed by atoms with Crippen LogP contribution in [0.3, 0.4) is 0 Å². The van der Waals surface area contributed by atoms with Crippen molar-refractivity contribution >= 4 is 28.3 Å². The number of hydrogen-bond acceptors (Lipinski definition) is 2. The van der Waals surface area contributed by atoms with Crippen LogP contribution < -0.4 is 5.32 Å². The van der Waals surface area contributed by atoms with Crippen molar-refractivity contribution in [1.82, 2.24) is 0 Å². The van der Waals surface area contributed by atoms with Gasteiger partial charge in [0.05, 0.1) is 5.56 Å². The molecule has 3 rings (SSSR count). The topological polar surface area (TPSA) is 29.1 Å². The van der Waals surface area contributed by atoms with E-state index in [1.807, 2.05) is 18.2 Å². The van der Waals surface area contributed by atoms with Crippen LogP contribution in [0.25, 0.3) is 16.8 Å². The highest BCUT2D eigenvalue weighted by Gasteiger charge is 2.18. The summed E-state index contributed by atoms with van der Waals surface area (Å²) < 4.78 is 0. The molecule has 0 saturated heterocycles. The van der Waals surface area contributed by atoms with Gasteiger partial charge in [0.1, 0.15) is 0 Å². The summed E-state index contributed by atoms with van der Waals surface area (Å²) in [5.74, 6) is 0.756. The molecule has 0 saturated carbocycles. The molecule has 2 aromatic rings. The minimum Gasteiger partial charge on any atom is -0.384 e. The van der Waals surface area contributed by atoms with E-state index in [1.165, 1.54) is 0 Å². The van der Waals surface area contributed by atoms with Gasteiger partial charge in [0, 0.05) is 17.6 Å². The smallest absolute Gasteiger partial charge is 0.188 e. The number of rotatable bonds is 4. The van der Waals surface area contributed by atoms with Crippen LogP contribution in [0, 0.1) is 5.92 Å². The van der Waals surface area contributed by atoms with Crippen molar-refractivity contribution < 1.29 is 4.79 Å². The maximum absolute atomic E-state index is 12.3. The molecule has 0 heterocycles. The highest BCUT2D eigenvalue weighted by atomic mass is 16.1. The SMILES string of the molecule is CC(C)CCNc1ccc2cccc3c2c1C(=O)C=C3. The summed E-state index contributed by atoms with van der Waals surface area (Å²) in [5, 5.41) is 5.63. The van der Waals surface area contributed by atoms with Crippen molar-refractivity contribution in [1.29, 1.82) is 0 Å². The Morgan fingerprint density at radius 3 is 2.75 bits per heavy atom. The van der Waals surface area contributed by atoms with E-state index in [4.69, 9.17) is 0 Å². The number of ketones is 1. The van der Waals surface area contributed by atoms with Crippen molar-refractivity contribution in [2.24, 2.45) is 5.92 Å². The van der Waals surface area contributed by atoms with Crippen molar-refractivity contribution in [3.63, 3.8) is 0 Å². The van der Waals surface area contributed by atoms with Crippen LogP contribution in [0.15, 0.2) is 36.4 Å². The van der Waals surface area contributed by atoms with Gasteiger partial charge in [0.25, 0.3) is 0 Å². The van der Waals surface area contributed by atoms with Gasteiger partial charge < -0.3 is 5.32 Å². The number of nitrogens with one attached hydrogen (secondary N) is 1. The predicted octanol–water partition coefficient (Wildman–Crippen LogP) is 4.51. The molecule has 0 aliphatic heterocycles. The summed E-state index contributed by atoms with van der Waals surface area (Å²) in [5.41, 5.74) is 2.91. The second-order valence-corrected chi connectivity index (χ2v) is 5.74. The van der Waals surface area contributed by atoms with E-state index in [0.717, 1.165) is 40.6 Å². The third-order valence-corrected chi connectivity index (χ3v) is 3.78. The van der Waals surface area contributed by atoms with Gasteiger partial charge in [-0.05, 0) is 35.4 Å². The molecule has 0 bridgehead atoms. The van der Waals surface area contributed by atoms with Crippen LogP contribution in [0.2, 0.25) is 0 Å². The zero-order chi connectivity index (χ0) is 14.1. The molecule has 0 radical (unpaired) electrons. The normalized spacial score (nSPS) is 13.2. The summed E-state index contributed by atoms with van der Waals surface area (Å²) in [7, 11) is 0. The molecular weight excluding hydrogens is 246 g/mol. The maximum atomic E-state index is 12.3. The summed E-state index contributed by atoms with van der Waals surface area (Å²) in [6.45, 7) is 5.31. The standard InChI is InChI=1S/C18H19NO/c1-12(2)10-11-19-15-8-6-13-4-3-5-14-7-9-16(20)18(15)17(13)14/h3-9,12,19H,10-11H2,1-2H3. The molecule has 102 valence electrons. The summed E-state index contributed by atoms with van der Waals surface area (Å²) in [6.07, 6.45) is 4.68. The lowest BCUT2D eigenvalue weighted by Gasteiger charge is -2.17. The molecular formula is C18H19NO. The Labute approximate surface area is 119 Å². The fraction of sp³-hybridized carbons (Fsp3) is 0.278. The molecule has 2 heteroatoms. The number of carbonyl (C=O) groups is 1.